The second kappa shape index (κ2) is 11.7. The molecule has 3 aromatic rings. The summed E-state index contributed by atoms with van der Waals surface area (Å²) >= 11 is 1.70. The fraction of sp³-hybridized carbons (Fsp3) is 0.379. The minimum atomic E-state index is -0.575. The highest BCUT2D eigenvalue weighted by atomic mass is 32.1. The molecule has 0 N–H and O–H groups in total. The molecule has 2 atom stereocenters. The number of amides is 2. The topological polar surface area (TPSA) is 49.9 Å². The SMILES string of the molecule is CC[C@H](C)CN(CC(=O)N1CCc2sccc2[C@H]1COc1ccc(C)cc1)C(=O)c1ccccc1F. The van der Waals surface area contributed by atoms with Crippen LogP contribution in [-0.4, -0.2) is 47.9 Å². The predicted molar refractivity (Wildman–Crippen MR) is 141 cm³/mol. The van der Waals surface area contributed by atoms with Crippen molar-refractivity contribution in [3.8, 4) is 5.75 Å². The number of rotatable bonds is 9. The molecule has 0 aliphatic carbocycles. The predicted octanol–water partition coefficient (Wildman–Crippen LogP) is 5.89. The average Bonchev–Trinajstić information content (AvgIpc) is 3.36. The Kier molecular flexibility index (Phi) is 8.41. The molecular weight excluding hydrogens is 475 g/mol. The summed E-state index contributed by atoms with van der Waals surface area (Å²) in [6, 6.07) is 15.6. The van der Waals surface area contributed by atoms with Crippen LogP contribution in [0.25, 0.3) is 0 Å². The van der Waals surface area contributed by atoms with E-state index >= 15 is 0 Å². The van der Waals surface area contributed by atoms with Gasteiger partial charge >= 0.3 is 0 Å². The lowest BCUT2D eigenvalue weighted by Crippen LogP contribution is -2.48. The highest BCUT2D eigenvalue weighted by Gasteiger charge is 2.34. The molecule has 0 saturated carbocycles. The Morgan fingerprint density at radius 1 is 1.17 bits per heavy atom. The molecule has 2 amide bonds. The van der Waals surface area contributed by atoms with Crippen molar-refractivity contribution in [1.82, 2.24) is 9.80 Å². The minimum Gasteiger partial charge on any atom is -0.491 e. The number of fused-ring (bicyclic) bond motifs is 1. The van der Waals surface area contributed by atoms with Gasteiger partial charge in [-0.3, -0.25) is 9.59 Å². The summed E-state index contributed by atoms with van der Waals surface area (Å²) < 4.78 is 20.5. The lowest BCUT2D eigenvalue weighted by molar-refractivity contribution is -0.135. The summed E-state index contributed by atoms with van der Waals surface area (Å²) in [5, 5.41) is 2.05. The molecule has 0 saturated heterocycles. The number of benzene rings is 2. The zero-order chi connectivity index (χ0) is 25.7. The molecule has 190 valence electrons. The number of thiophene rings is 1. The van der Waals surface area contributed by atoms with Crippen molar-refractivity contribution in [3.05, 3.63) is 87.4 Å². The van der Waals surface area contributed by atoms with Crippen molar-refractivity contribution < 1.29 is 18.7 Å². The first-order valence-electron chi connectivity index (χ1n) is 12.5. The molecule has 36 heavy (non-hydrogen) atoms. The van der Waals surface area contributed by atoms with Crippen molar-refractivity contribution in [2.24, 2.45) is 5.92 Å². The van der Waals surface area contributed by atoms with Crippen molar-refractivity contribution >= 4 is 23.2 Å². The number of ether oxygens (including phenoxy) is 1. The van der Waals surface area contributed by atoms with Crippen LogP contribution in [0.4, 0.5) is 4.39 Å². The highest BCUT2D eigenvalue weighted by molar-refractivity contribution is 7.10. The Morgan fingerprint density at radius 2 is 1.92 bits per heavy atom. The summed E-state index contributed by atoms with van der Waals surface area (Å²) in [4.78, 5) is 31.6. The summed E-state index contributed by atoms with van der Waals surface area (Å²) in [6.07, 6.45) is 1.62. The van der Waals surface area contributed by atoms with Gasteiger partial charge in [0.15, 0.2) is 0 Å². The van der Waals surface area contributed by atoms with Gasteiger partial charge in [-0.05, 0) is 60.5 Å². The number of hydrogen-bond donors (Lipinski definition) is 0. The first-order chi connectivity index (χ1) is 17.4. The van der Waals surface area contributed by atoms with E-state index in [0.717, 1.165) is 29.7 Å². The number of carbonyl (C=O) groups excluding carboxylic acids is 2. The Morgan fingerprint density at radius 3 is 2.64 bits per heavy atom. The highest BCUT2D eigenvalue weighted by Crippen LogP contribution is 2.34. The third kappa shape index (κ3) is 5.95. The molecule has 0 fully saturated rings. The van der Waals surface area contributed by atoms with Gasteiger partial charge in [-0.2, -0.15) is 0 Å². The van der Waals surface area contributed by atoms with E-state index in [1.54, 1.807) is 23.5 Å². The summed E-state index contributed by atoms with van der Waals surface area (Å²) in [5.74, 6) is -0.253. The van der Waals surface area contributed by atoms with Gasteiger partial charge in [0.1, 0.15) is 24.7 Å². The molecule has 5 nitrogen and oxygen atoms in total. The maximum atomic E-state index is 14.4. The quantitative estimate of drug-likeness (QED) is 0.362. The maximum absolute atomic E-state index is 14.4. The number of halogens is 1. The Bertz CT molecular complexity index is 1190. The smallest absolute Gasteiger partial charge is 0.257 e. The largest absolute Gasteiger partial charge is 0.491 e. The van der Waals surface area contributed by atoms with Gasteiger partial charge in [0.25, 0.3) is 5.91 Å². The monoisotopic (exact) mass is 508 g/mol. The molecule has 1 aliphatic rings. The summed E-state index contributed by atoms with van der Waals surface area (Å²) in [7, 11) is 0. The van der Waals surface area contributed by atoms with Crippen LogP contribution in [0.15, 0.2) is 60.0 Å². The van der Waals surface area contributed by atoms with Crippen LogP contribution < -0.4 is 4.74 Å². The Hall–Kier alpha value is -3.19. The Labute approximate surface area is 216 Å². The van der Waals surface area contributed by atoms with Gasteiger partial charge in [0, 0.05) is 18.0 Å². The van der Waals surface area contributed by atoms with Crippen molar-refractivity contribution in [3.63, 3.8) is 0 Å². The molecule has 4 rings (SSSR count). The fourth-order valence-corrected chi connectivity index (χ4v) is 5.40. The van der Waals surface area contributed by atoms with Gasteiger partial charge in [-0.1, -0.05) is 50.1 Å². The van der Waals surface area contributed by atoms with Gasteiger partial charge < -0.3 is 14.5 Å². The molecule has 1 aliphatic heterocycles. The zero-order valence-electron chi connectivity index (χ0n) is 21.1. The van der Waals surface area contributed by atoms with E-state index in [2.05, 4.69) is 11.4 Å². The van der Waals surface area contributed by atoms with Crippen LogP contribution in [0.2, 0.25) is 0 Å². The van der Waals surface area contributed by atoms with Crippen LogP contribution in [0.3, 0.4) is 0 Å². The normalized spacial score (nSPS) is 15.8. The van der Waals surface area contributed by atoms with E-state index in [4.69, 9.17) is 4.74 Å². The molecule has 0 radical (unpaired) electrons. The third-order valence-electron chi connectivity index (χ3n) is 6.79. The molecule has 0 spiro atoms. The lowest BCUT2D eigenvalue weighted by atomic mass is 10.00. The average molecular weight is 509 g/mol. The van der Waals surface area contributed by atoms with Crippen LogP contribution in [-0.2, 0) is 11.2 Å². The number of aryl methyl sites for hydroxylation is 1. The number of nitrogens with zero attached hydrogens (tertiary/aromatic N) is 2. The van der Waals surface area contributed by atoms with Crippen LogP contribution >= 0.6 is 11.3 Å². The second-order valence-corrected chi connectivity index (χ2v) is 10.5. The number of carbonyl (C=O) groups is 2. The van der Waals surface area contributed by atoms with E-state index in [0.29, 0.717) is 19.7 Å². The fourth-order valence-electron chi connectivity index (χ4n) is 4.47. The summed E-state index contributed by atoms with van der Waals surface area (Å²) in [5.41, 5.74) is 2.24. The minimum absolute atomic E-state index is 0.00776. The van der Waals surface area contributed by atoms with E-state index < -0.39 is 11.7 Å². The molecule has 7 heteroatoms. The van der Waals surface area contributed by atoms with E-state index in [1.165, 1.54) is 21.9 Å². The molecule has 1 aromatic heterocycles. The van der Waals surface area contributed by atoms with Crippen molar-refractivity contribution in [2.75, 3.05) is 26.2 Å². The van der Waals surface area contributed by atoms with E-state index in [1.807, 2.05) is 49.9 Å². The van der Waals surface area contributed by atoms with Gasteiger partial charge in [0.05, 0.1) is 11.6 Å². The first kappa shape index (κ1) is 25.9. The third-order valence-corrected chi connectivity index (χ3v) is 7.79. The van der Waals surface area contributed by atoms with Crippen LogP contribution in [0, 0.1) is 18.7 Å². The van der Waals surface area contributed by atoms with Crippen molar-refractivity contribution in [1.29, 1.82) is 0 Å². The van der Waals surface area contributed by atoms with Gasteiger partial charge in [-0.15, -0.1) is 11.3 Å². The molecule has 0 bridgehead atoms. The van der Waals surface area contributed by atoms with Crippen molar-refractivity contribution in [2.45, 2.75) is 39.7 Å². The van der Waals surface area contributed by atoms with Crippen LogP contribution in [0.1, 0.15) is 52.7 Å². The molecule has 2 aromatic carbocycles. The first-order valence-corrected chi connectivity index (χ1v) is 13.3. The van der Waals surface area contributed by atoms with Gasteiger partial charge in [-0.25, -0.2) is 4.39 Å². The number of hydrogen-bond acceptors (Lipinski definition) is 4. The Balaban J connectivity index is 1.55. The lowest BCUT2D eigenvalue weighted by Gasteiger charge is -2.37. The van der Waals surface area contributed by atoms with E-state index in [9.17, 15) is 14.0 Å². The van der Waals surface area contributed by atoms with E-state index in [-0.39, 0.29) is 30.0 Å². The maximum Gasteiger partial charge on any atom is 0.257 e. The van der Waals surface area contributed by atoms with Crippen LogP contribution in [0.5, 0.6) is 5.75 Å². The zero-order valence-corrected chi connectivity index (χ0v) is 21.9. The standard InChI is InChI=1S/C29H33FN2O3S/c1-4-20(2)17-31(29(34)23-7-5-6-8-25(23)30)18-28(33)32-15-13-27-24(14-16-36-27)26(32)19-35-22-11-9-21(3)10-12-22/h5-12,14,16,20,26H,4,13,15,17-19H2,1-3H3/t20-,26+/m0/s1. The molecule has 0 unspecified atom stereocenters. The molecule has 2 heterocycles. The summed E-state index contributed by atoms with van der Waals surface area (Å²) in [6.45, 7) is 7.26. The second-order valence-electron chi connectivity index (χ2n) is 9.46. The van der Waals surface area contributed by atoms with Gasteiger partial charge in [0.2, 0.25) is 5.91 Å². The molecular formula is C29H33FN2O3S.